The van der Waals surface area contributed by atoms with Gasteiger partial charge in [0.2, 0.25) is 0 Å². The zero-order valence-electron chi connectivity index (χ0n) is 8.30. The summed E-state index contributed by atoms with van der Waals surface area (Å²) in [5.41, 5.74) is 1.15. The number of rotatable bonds is 2. The third-order valence-corrected chi connectivity index (χ3v) is 2.15. The highest BCUT2D eigenvalue weighted by Gasteiger charge is 2.10. The van der Waals surface area contributed by atoms with Crippen molar-refractivity contribution in [3.05, 3.63) is 29.8 Å². The molecule has 0 unspecified atom stereocenters. The summed E-state index contributed by atoms with van der Waals surface area (Å²) in [5, 5.41) is 0.892. The van der Waals surface area contributed by atoms with Gasteiger partial charge in [0, 0.05) is 5.33 Å². The Balaban J connectivity index is 2.70. The first kappa shape index (κ1) is 10.6. The van der Waals surface area contributed by atoms with Crippen LogP contribution in [0.1, 0.15) is 26.3 Å². The second kappa shape index (κ2) is 4.14. The van der Waals surface area contributed by atoms with Crippen LogP contribution in [0.15, 0.2) is 24.3 Å². The molecular formula is C11H15BrO. The summed E-state index contributed by atoms with van der Waals surface area (Å²) in [6.07, 6.45) is 0. The third-order valence-electron chi connectivity index (χ3n) is 1.50. The molecule has 0 aliphatic rings. The van der Waals surface area contributed by atoms with Gasteiger partial charge in [-0.1, -0.05) is 28.1 Å². The zero-order chi connectivity index (χ0) is 9.90. The van der Waals surface area contributed by atoms with E-state index < -0.39 is 0 Å². The van der Waals surface area contributed by atoms with Crippen LogP contribution in [0.3, 0.4) is 0 Å². The second-order valence-corrected chi connectivity index (χ2v) is 4.55. The van der Waals surface area contributed by atoms with E-state index in [2.05, 4.69) is 28.1 Å². The summed E-state index contributed by atoms with van der Waals surface area (Å²) in [6, 6.07) is 8.13. The Morgan fingerprint density at radius 3 is 2.08 bits per heavy atom. The van der Waals surface area contributed by atoms with E-state index in [-0.39, 0.29) is 5.60 Å². The van der Waals surface area contributed by atoms with Crippen molar-refractivity contribution in [2.45, 2.75) is 31.7 Å². The van der Waals surface area contributed by atoms with E-state index in [1.807, 2.05) is 32.9 Å². The van der Waals surface area contributed by atoms with Gasteiger partial charge in [-0.25, -0.2) is 0 Å². The SMILES string of the molecule is CC(C)(C)Oc1ccc(CBr)cc1. The van der Waals surface area contributed by atoms with Gasteiger partial charge in [-0.15, -0.1) is 0 Å². The zero-order valence-corrected chi connectivity index (χ0v) is 9.89. The van der Waals surface area contributed by atoms with Gasteiger partial charge in [-0.3, -0.25) is 0 Å². The Morgan fingerprint density at radius 1 is 1.15 bits per heavy atom. The van der Waals surface area contributed by atoms with Crippen LogP contribution in [0.25, 0.3) is 0 Å². The number of hydrogen-bond acceptors (Lipinski definition) is 1. The molecule has 72 valence electrons. The Hall–Kier alpha value is -0.500. The van der Waals surface area contributed by atoms with Gasteiger partial charge in [0.1, 0.15) is 11.4 Å². The molecule has 13 heavy (non-hydrogen) atoms. The third kappa shape index (κ3) is 3.81. The van der Waals surface area contributed by atoms with Crippen molar-refractivity contribution in [2.75, 3.05) is 0 Å². The van der Waals surface area contributed by atoms with Crippen LogP contribution in [0, 0.1) is 0 Å². The van der Waals surface area contributed by atoms with E-state index in [1.54, 1.807) is 0 Å². The molecule has 0 bridgehead atoms. The van der Waals surface area contributed by atoms with Crippen LogP contribution >= 0.6 is 15.9 Å². The van der Waals surface area contributed by atoms with E-state index in [4.69, 9.17) is 4.74 Å². The summed E-state index contributed by atoms with van der Waals surface area (Å²) < 4.78 is 5.69. The van der Waals surface area contributed by atoms with Gasteiger partial charge in [0.25, 0.3) is 0 Å². The summed E-state index contributed by atoms with van der Waals surface area (Å²) in [4.78, 5) is 0. The predicted molar refractivity (Wildman–Crippen MR) is 59.5 cm³/mol. The lowest BCUT2D eigenvalue weighted by atomic mass is 10.2. The Morgan fingerprint density at radius 2 is 1.69 bits per heavy atom. The van der Waals surface area contributed by atoms with E-state index in [0.29, 0.717) is 0 Å². The minimum absolute atomic E-state index is 0.115. The highest BCUT2D eigenvalue weighted by molar-refractivity contribution is 9.08. The van der Waals surface area contributed by atoms with Crippen LogP contribution < -0.4 is 4.74 Å². The van der Waals surface area contributed by atoms with Gasteiger partial charge >= 0.3 is 0 Å². The first-order valence-electron chi connectivity index (χ1n) is 4.35. The molecule has 0 saturated heterocycles. The van der Waals surface area contributed by atoms with Crippen LogP contribution in [-0.4, -0.2) is 5.60 Å². The lowest BCUT2D eigenvalue weighted by Gasteiger charge is -2.21. The van der Waals surface area contributed by atoms with E-state index in [0.717, 1.165) is 11.1 Å². The number of benzene rings is 1. The molecule has 1 nitrogen and oxygen atoms in total. The monoisotopic (exact) mass is 242 g/mol. The van der Waals surface area contributed by atoms with Gasteiger partial charge in [0.05, 0.1) is 0 Å². The molecule has 0 heterocycles. The standard InChI is InChI=1S/C11H15BrO/c1-11(2,3)13-10-6-4-9(8-12)5-7-10/h4-7H,8H2,1-3H3. The molecule has 2 heteroatoms. The molecular weight excluding hydrogens is 228 g/mol. The second-order valence-electron chi connectivity index (χ2n) is 3.99. The maximum Gasteiger partial charge on any atom is 0.120 e. The highest BCUT2D eigenvalue weighted by Crippen LogP contribution is 2.19. The van der Waals surface area contributed by atoms with Crippen LogP contribution in [0.5, 0.6) is 5.75 Å². The molecule has 1 aromatic carbocycles. The Kier molecular flexibility index (Phi) is 3.37. The summed E-state index contributed by atoms with van der Waals surface area (Å²) in [5.74, 6) is 0.928. The van der Waals surface area contributed by atoms with E-state index in [9.17, 15) is 0 Å². The number of alkyl halides is 1. The maximum absolute atomic E-state index is 5.69. The normalized spacial score (nSPS) is 11.4. The van der Waals surface area contributed by atoms with Crippen molar-refractivity contribution >= 4 is 15.9 Å². The lowest BCUT2D eigenvalue weighted by molar-refractivity contribution is 0.131. The Bertz CT molecular complexity index is 258. The molecule has 0 radical (unpaired) electrons. The van der Waals surface area contributed by atoms with Crippen LogP contribution in [-0.2, 0) is 5.33 Å². The number of hydrogen-bond donors (Lipinski definition) is 0. The molecule has 0 aliphatic heterocycles. The smallest absolute Gasteiger partial charge is 0.120 e. The Labute approximate surface area is 88.2 Å². The summed E-state index contributed by atoms with van der Waals surface area (Å²) >= 11 is 3.40. The molecule has 0 aliphatic carbocycles. The van der Waals surface area contributed by atoms with Gasteiger partial charge in [-0.05, 0) is 38.5 Å². The van der Waals surface area contributed by atoms with Gasteiger partial charge in [0.15, 0.2) is 0 Å². The van der Waals surface area contributed by atoms with Crippen molar-refractivity contribution in [3.8, 4) is 5.75 Å². The summed E-state index contributed by atoms with van der Waals surface area (Å²) in [6.45, 7) is 6.14. The molecule has 0 fully saturated rings. The minimum atomic E-state index is -0.115. The maximum atomic E-state index is 5.69. The molecule has 0 amide bonds. The predicted octanol–water partition coefficient (Wildman–Crippen LogP) is 3.76. The number of ether oxygens (including phenoxy) is 1. The van der Waals surface area contributed by atoms with Crippen molar-refractivity contribution in [1.82, 2.24) is 0 Å². The van der Waals surface area contributed by atoms with Gasteiger partial charge < -0.3 is 4.74 Å². The topological polar surface area (TPSA) is 9.23 Å². The first-order valence-corrected chi connectivity index (χ1v) is 5.47. The van der Waals surface area contributed by atoms with Crippen molar-refractivity contribution < 1.29 is 4.74 Å². The van der Waals surface area contributed by atoms with Crippen molar-refractivity contribution in [3.63, 3.8) is 0 Å². The van der Waals surface area contributed by atoms with Crippen molar-refractivity contribution in [2.24, 2.45) is 0 Å². The molecule has 1 rings (SSSR count). The molecule has 0 N–H and O–H groups in total. The molecule has 1 aromatic rings. The highest BCUT2D eigenvalue weighted by atomic mass is 79.9. The first-order chi connectivity index (χ1) is 6.01. The average Bonchev–Trinajstić information content (AvgIpc) is 2.03. The minimum Gasteiger partial charge on any atom is -0.488 e. The quantitative estimate of drug-likeness (QED) is 0.718. The van der Waals surface area contributed by atoms with Gasteiger partial charge in [-0.2, -0.15) is 0 Å². The fraction of sp³-hybridized carbons (Fsp3) is 0.455. The van der Waals surface area contributed by atoms with E-state index in [1.165, 1.54) is 5.56 Å². The molecule has 0 saturated carbocycles. The van der Waals surface area contributed by atoms with Crippen molar-refractivity contribution in [1.29, 1.82) is 0 Å². The molecule has 0 atom stereocenters. The van der Waals surface area contributed by atoms with Crippen LogP contribution in [0.4, 0.5) is 0 Å². The average molecular weight is 243 g/mol. The fourth-order valence-corrected chi connectivity index (χ4v) is 1.37. The largest absolute Gasteiger partial charge is 0.488 e. The van der Waals surface area contributed by atoms with E-state index >= 15 is 0 Å². The fourth-order valence-electron chi connectivity index (χ4n) is 1.00. The summed E-state index contributed by atoms with van der Waals surface area (Å²) in [7, 11) is 0. The molecule has 0 spiro atoms. The number of halogens is 1. The van der Waals surface area contributed by atoms with Crippen LogP contribution in [0.2, 0.25) is 0 Å². The molecule has 0 aromatic heterocycles. The lowest BCUT2D eigenvalue weighted by Crippen LogP contribution is -2.22.